The molecule has 1 rings (SSSR count). The quantitative estimate of drug-likeness (QED) is 0.590. The number of hydrogen-bond acceptors (Lipinski definition) is 3. The van der Waals surface area contributed by atoms with Gasteiger partial charge in [0.2, 0.25) is 0 Å². The van der Waals surface area contributed by atoms with Crippen LogP contribution >= 0.6 is 10.0 Å². The van der Waals surface area contributed by atoms with Crippen LogP contribution in [0.15, 0.2) is 18.2 Å². The zero-order valence-electron chi connectivity index (χ0n) is 10.9. The molecule has 0 amide bonds. The van der Waals surface area contributed by atoms with E-state index >= 15 is 0 Å². The molecule has 3 nitrogen and oxygen atoms in total. The van der Waals surface area contributed by atoms with E-state index in [1.807, 2.05) is 0 Å². The third-order valence-electron chi connectivity index (χ3n) is 2.22. The Bertz CT molecular complexity index is 438. The van der Waals surface area contributed by atoms with Crippen LogP contribution in [-0.2, 0) is 4.74 Å². The zero-order chi connectivity index (χ0) is 13.6. The lowest BCUT2D eigenvalue weighted by atomic mass is 10.2. The minimum absolute atomic E-state index is 0.00131. The molecule has 100 valence electrons. The van der Waals surface area contributed by atoms with E-state index in [1.165, 1.54) is 12.1 Å². The van der Waals surface area contributed by atoms with E-state index in [4.69, 9.17) is 14.7 Å². The molecule has 5 heteroatoms. The fourth-order valence-electron chi connectivity index (χ4n) is 1.18. The Balaban J connectivity index is 2.39. The van der Waals surface area contributed by atoms with Gasteiger partial charge in [0.25, 0.3) is 0 Å². The van der Waals surface area contributed by atoms with E-state index in [0.29, 0.717) is 6.61 Å². The molecule has 0 radical (unpaired) electrons. The van der Waals surface area contributed by atoms with Gasteiger partial charge in [-0.2, -0.15) is 5.26 Å². The van der Waals surface area contributed by atoms with Crippen LogP contribution in [0.5, 0.6) is 5.75 Å². The lowest BCUT2D eigenvalue weighted by Gasteiger charge is -2.24. The van der Waals surface area contributed by atoms with Crippen molar-refractivity contribution in [3.8, 4) is 11.8 Å². The lowest BCUT2D eigenvalue weighted by Crippen LogP contribution is -2.11. The standard InChI is InChI=1S/C13H18FNO2S/c1-18(2,3)8-7-16-10-17-12-6-4-5-11(9-15)13(12)14/h4-6H,7-8,10H2,1-3H3. The van der Waals surface area contributed by atoms with Crippen molar-refractivity contribution < 1.29 is 13.9 Å². The first kappa shape index (κ1) is 14.8. The second-order valence-corrected chi connectivity index (χ2v) is 9.28. The largest absolute Gasteiger partial charge is 0.464 e. The van der Waals surface area contributed by atoms with Crippen LogP contribution in [0.3, 0.4) is 0 Å². The van der Waals surface area contributed by atoms with Gasteiger partial charge in [0.1, 0.15) is 6.07 Å². The number of benzene rings is 1. The fraction of sp³-hybridized carbons (Fsp3) is 0.462. The van der Waals surface area contributed by atoms with Gasteiger partial charge in [0, 0.05) is 5.75 Å². The van der Waals surface area contributed by atoms with Gasteiger partial charge in [-0.05, 0) is 30.9 Å². The van der Waals surface area contributed by atoms with Crippen LogP contribution in [0, 0.1) is 17.1 Å². The molecule has 0 saturated heterocycles. The number of rotatable bonds is 6. The van der Waals surface area contributed by atoms with E-state index in [-0.39, 0.29) is 18.1 Å². The summed E-state index contributed by atoms with van der Waals surface area (Å²) in [4.78, 5) is 0. The first-order chi connectivity index (χ1) is 8.44. The first-order valence-corrected chi connectivity index (χ1v) is 8.52. The SMILES string of the molecule is CS(C)(C)CCOCOc1cccc(C#N)c1F. The smallest absolute Gasteiger partial charge is 0.189 e. The molecule has 0 bridgehead atoms. The number of hydrogen-bond donors (Lipinski definition) is 0. The Morgan fingerprint density at radius 3 is 2.67 bits per heavy atom. The molecule has 0 heterocycles. The van der Waals surface area contributed by atoms with Gasteiger partial charge in [-0.3, -0.25) is 0 Å². The minimum Gasteiger partial charge on any atom is -0.464 e. The van der Waals surface area contributed by atoms with Gasteiger partial charge < -0.3 is 9.47 Å². The molecule has 1 aromatic carbocycles. The molecule has 0 aliphatic carbocycles. The zero-order valence-corrected chi connectivity index (χ0v) is 11.7. The molecule has 0 aliphatic rings. The van der Waals surface area contributed by atoms with E-state index in [9.17, 15) is 4.39 Å². The first-order valence-electron chi connectivity index (χ1n) is 5.49. The Morgan fingerprint density at radius 2 is 2.06 bits per heavy atom. The molecular weight excluding hydrogens is 253 g/mol. The summed E-state index contributed by atoms with van der Waals surface area (Å²) in [6.45, 7) is 0.597. The molecule has 1 aromatic rings. The molecule has 18 heavy (non-hydrogen) atoms. The second kappa shape index (κ2) is 6.62. The maximum Gasteiger partial charge on any atom is 0.189 e. The summed E-state index contributed by atoms with van der Waals surface area (Å²) in [5, 5.41) is 8.67. The predicted molar refractivity (Wildman–Crippen MR) is 72.8 cm³/mol. The van der Waals surface area contributed by atoms with Crippen molar-refractivity contribution >= 4 is 10.0 Å². The van der Waals surface area contributed by atoms with Crippen LogP contribution in [-0.4, -0.2) is 37.9 Å². The third-order valence-corrected chi connectivity index (χ3v) is 3.61. The average molecular weight is 271 g/mol. The summed E-state index contributed by atoms with van der Waals surface area (Å²) >= 11 is 0. The average Bonchev–Trinajstić information content (AvgIpc) is 2.29. The Kier molecular flexibility index (Phi) is 5.45. The molecule has 0 unspecified atom stereocenters. The highest BCUT2D eigenvalue weighted by molar-refractivity contribution is 8.32. The number of halogens is 1. The maximum absolute atomic E-state index is 13.6. The van der Waals surface area contributed by atoms with E-state index < -0.39 is 15.8 Å². The molecule has 0 saturated carbocycles. The van der Waals surface area contributed by atoms with Gasteiger partial charge in [0.05, 0.1) is 12.2 Å². The topological polar surface area (TPSA) is 42.2 Å². The highest BCUT2D eigenvalue weighted by Crippen LogP contribution is 2.33. The maximum atomic E-state index is 13.6. The summed E-state index contributed by atoms with van der Waals surface area (Å²) in [5.41, 5.74) is -0.0216. The summed E-state index contributed by atoms with van der Waals surface area (Å²) in [6.07, 6.45) is 6.60. The normalized spacial score (nSPS) is 11.9. The highest BCUT2D eigenvalue weighted by Gasteiger charge is 2.08. The summed E-state index contributed by atoms with van der Waals surface area (Å²) in [7, 11) is -0.586. The van der Waals surface area contributed by atoms with Gasteiger partial charge in [-0.1, -0.05) is 6.07 Å². The van der Waals surface area contributed by atoms with Crippen LogP contribution < -0.4 is 4.74 Å². The van der Waals surface area contributed by atoms with E-state index in [0.717, 1.165) is 5.75 Å². The monoisotopic (exact) mass is 271 g/mol. The minimum atomic E-state index is -0.634. The molecule has 0 N–H and O–H groups in total. The van der Waals surface area contributed by atoms with Crippen LogP contribution in [0.25, 0.3) is 0 Å². The Morgan fingerprint density at radius 1 is 1.33 bits per heavy atom. The van der Waals surface area contributed by atoms with Crippen molar-refractivity contribution in [2.24, 2.45) is 0 Å². The Labute approximate surface area is 109 Å². The molecular formula is C13H18FNO2S. The predicted octanol–water partition coefficient (Wildman–Crippen LogP) is 2.74. The van der Waals surface area contributed by atoms with Crippen molar-refractivity contribution in [1.29, 1.82) is 5.26 Å². The van der Waals surface area contributed by atoms with Crippen LogP contribution in [0.2, 0.25) is 0 Å². The number of ether oxygens (including phenoxy) is 2. The van der Waals surface area contributed by atoms with Crippen molar-refractivity contribution in [2.75, 3.05) is 37.9 Å². The second-order valence-electron chi connectivity index (χ2n) is 4.69. The van der Waals surface area contributed by atoms with Crippen molar-refractivity contribution in [3.63, 3.8) is 0 Å². The fourth-order valence-corrected chi connectivity index (χ4v) is 1.80. The van der Waals surface area contributed by atoms with Crippen molar-refractivity contribution in [2.45, 2.75) is 0 Å². The number of nitrogens with zero attached hydrogens (tertiary/aromatic N) is 1. The molecule has 0 atom stereocenters. The molecule has 0 spiro atoms. The highest BCUT2D eigenvalue weighted by atomic mass is 32.3. The van der Waals surface area contributed by atoms with Gasteiger partial charge in [-0.15, -0.1) is 0 Å². The number of nitriles is 1. The summed E-state index contributed by atoms with van der Waals surface area (Å²) < 4.78 is 24.0. The summed E-state index contributed by atoms with van der Waals surface area (Å²) in [5.74, 6) is 0.402. The van der Waals surface area contributed by atoms with E-state index in [1.54, 1.807) is 12.1 Å². The molecule has 0 aromatic heterocycles. The molecule has 0 fully saturated rings. The Hall–Kier alpha value is -1.25. The van der Waals surface area contributed by atoms with Crippen LogP contribution in [0.4, 0.5) is 4.39 Å². The van der Waals surface area contributed by atoms with Gasteiger partial charge >= 0.3 is 0 Å². The lowest BCUT2D eigenvalue weighted by molar-refractivity contribution is 0.0213. The summed E-state index contributed by atoms with van der Waals surface area (Å²) in [6, 6.07) is 6.23. The van der Waals surface area contributed by atoms with Crippen LogP contribution in [0.1, 0.15) is 5.56 Å². The van der Waals surface area contributed by atoms with Gasteiger partial charge in [0.15, 0.2) is 18.4 Å². The van der Waals surface area contributed by atoms with Crippen molar-refractivity contribution in [3.05, 3.63) is 29.6 Å². The van der Waals surface area contributed by atoms with E-state index in [2.05, 4.69) is 18.8 Å². The van der Waals surface area contributed by atoms with Gasteiger partial charge in [-0.25, -0.2) is 14.4 Å². The third kappa shape index (κ3) is 4.94. The molecule has 0 aliphatic heterocycles. The van der Waals surface area contributed by atoms with Crippen molar-refractivity contribution in [1.82, 2.24) is 0 Å².